The monoisotopic (exact) mass is 389 g/mol. The molecule has 1 fully saturated rings. The quantitative estimate of drug-likeness (QED) is 0.545. The third kappa shape index (κ3) is 3.05. The maximum atomic E-state index is 9.34. The van der Waals surface area contributed by atoms with E-state index in [1.54, 1.807) is 12.4 Å². The first kappa shape index (κ1) is 17.8. The number of imidazole rings is 1. The first-order chi connectivity index (χ1) is 14.1. The number of fused-ring (bicyclic) bond motifs is 1. The summed E-state index contributed by atoms with van der Waals surface area (Å²) in [7, 11) is 1.93. The van der Waals surface area contributed by atoms with Crippen LogP contribution in [0.1, 0.15) is 18.4 Å². The average molecular weight is 389 g/mol. The van der Waals surface area contributed by atoms with Crippen molar-refractivity contribution in [2.45, 2.75) is 25.8 Å². The summed E-state index contributed by atoms with van der Waals surface area (Å²) in [6.07, 6.45) is 11.2. The van der Waals surface area contributed by atoms with E-state index < -0.39 is 0 Å². The lowest BCUT2D eigenvalue weighted by molar-refractivity contribution is 0.151. The fourth-order valence-corrected chi connectivity index (χ4v) is 4.02. The number of pyridine rings is 1. The summed E-state index contributed by atoms with van der Waals surface area (Å²) in [5, 5.41) is 17.7. The lowest BCUT2D eigenvalue weighted by Gasteiger charge is -2.35. The van der Waals surface area contributed by atoms with Gasteiger partial charge in [0.15, 0.2) is 11.6 Å². The van der Waals surface area contributed by atoms with E-state index in [0.29, 0.717) is 23.6 Å². The van der Waals surface area contributed by atoms with Gasteiger partial charge in [-0.15, -0.1) is 5.10 Å². The Morgan fingerprint density at radius 3 is 2.83 bits per heavy atom. The van der Waals surface area contributed by atoms with E-state index in [9.17, 15) is 5.11 Å². The number of aliphatic hydroxyl groups is 1. The molecule has 0 atom stereocenters. The third-order valence-electron chi connectivity index (χ3n) is 5.71. The second-order valence-corrected chi connectivity index (χ2v) is 7.71. The Morgan fingerprint density at radius 2 is 2.14 bits per heavy atom. The molecule has 0 bridgehead atoms. The zero-order chi connectivity index (χ0) is 20.0. The lowest BCUT2D eigenvalue weighted by Crippen LogP contribution is -2.37. The van der Waals surface area contributed by atoms with Crippen molar-refractivity contribution in [2.24, 2.45) is 13.0 Å². The zero-order valence-electron chi connectivity index (χ0n) is 16.4. The van der Waals surface area contributed by atoms with E-state index in [0.717, 1.165) is 40.9 Å². The van der Waals surface area contributed by atoms with Gasteiger partial charge in [-0.3, -0.25) is 4.98 Å². The average Bonchev–Trinajstić information content (AvgIpc) is 3.28. The molecule has 0 aromatic carbocycles. The molecule has 8 heteroatoms. The van der Waals surface area contributed by atoms with E-state index in [1.165, 1.54) is 0 Å². The molecular weight excluding hydrogens is 366 g/mol. The molecular formula is C21H23N7O. The largest absolute Gasteiger partial charge is 0.396 e. The van der Waals surface area contributed by atoms with Crippen molar-refractivity contribution in [1.82, 2.24) is 29.1 Å². The molecule has 0 spiro atoms. The van der Waals surface area contributed by atoms with E-state index >= 15 is 0 Å². The van der Waals surface area contributed by atoms with Crippen LogP contribution in [0.4, 0.5) is 5.82 Å². The normalized spacial score (nSPS) is 18.7. The molecule has 0 unspecified atom stereocenters. The number of nitrogens with zero attached hydrogens (tertiary/aromatic N) is 6. The maximum Gasteiger partial charge on any atom is 0.218 e. The number of nitrogens with one attached hydrogen (secondary N) is 1. The molecule has 0 amide bonds. The van der Waals surface area contributed by atoms with Gasteiger partial charge >= 0.3 is 0 Å². The molecule has 1 aliphatic rings. The number of hydrogen-bond acceptors (Lipinski definition) is 6. The minimum absolute atomic E-state index is 0.241. The minimum atomic E-state index is 0.241. The summed E-state index contributed by atoms with van der Waals surface area (Å²) in [6, 6.07) is 4.29. The Kier molecular flexibility index (Phi) is 4.28. The molecule has 0 radical (unpaired) electrons. The van der Waals surface area contributed by atoms with E-state index in [1.807, 2.05) is 46.9 Å². The summed E-state index contributed by atoms with van der Waals surface area (Å²) in [4.78, 5) is 13.5. The predicted molar refractivity (Wildman–Crippen MR) is 110 cm³/mol. The van der Waals surface area contributed by atoms with Gasteiger partial charge in [0.1, 0.15) is 5.52 Å². The van der Waals surface area contributed by atoms with Crippen LogP contribution in [0.5, 0.6) is 0 Å². The van der Waals surface area contributed by atoms with E-state index in [2.05, 4.69) is 22.2 Å². The zero-order valence-corrected chi connectivity index (χ0v) is 16.4. The molecule has 0 saturated heterocycles. The molecule has 4 aromatic heterocycles. The lowest BCUT2D eigenvalue weighted by atomic mass is 9.81. The molecule has 1 saturated carbocycles. The van der Waals surface area contributed by atoms with Gasteiger partial charge < -0.3 is 15.0 Å². The minimum Gasteiger partial charge on any atom is -0.396 e. The van der Waals surface area contributed by atoms with Crippen molar-refractivity contribution in [3.05, 3.63) is 48.7 Å². The van der Waals surface area contributed by atoms with Crippen LogP contribution in [0.15, 0.2) is 43.1 Å². The van der Waals surface area contributed by atoms with Crippen LogP contribution in [0.2, 0.25) is 0 Å². The summed E-state index contributed by atoms with van der Waals surface area (Å²) in [5.41, 5.74) is 4.18. The van der Waals surface area contributed by atoms with Crippen molar-refractivity contribution >= 4 is 11.3 Å². The molecule has 4 aromatic rings. The topological polar surface area (TPSA) is 93.2 Å². The van der Waals surface area contributed by atoms with E-state index in [-0.39, 0.29) is 6.61 Å². The number of anilines is 1. The van der Waals surface area contributed by atoms with Crippen LogP contribution in [-0.2, 0) is 7.05 Å². The fourth-order valence-electron chi connectivity index (χ4n) is 4.02. The van der Waals surface area contributed by atoms with Crippen molar-refractivity contribution in [1.29, 1.82) is 0 Å². The Labute approximate surface area is 168 Å². The third-order valence-corrected chi connectivity index (χ3v) is 5.71. The molecule has 2 N–H and O–H groups in total. The van der Waals surface area contributed by atoms with Crippen molar-refractivity contribution in [2.75, 3.05) is 11.9 Å². The summed E-state index contributed by atoms with van der Waals surface area (Å²) in [5.74, 6) is 2.45. The second kappa shape index (κ2) is 6.97. The Morgan fingerprint density at radius 1 is 1.28 bits per heavy atom. The van der Waals surface area contributed by atoms with E-state index in [4.69, 9.17) is 10.1 Å². The van der Waals surface area contributed by atoms with Crippen LogP contribution < -0.4 is 5.32 Å². The Bertz CT molecular complexity index is 1160. The summed E-state index contributed by atoms with van der Waals surface area (Å²) < 4.78 is 3.80. The van der Waals surface area contributed by atoms with Crippen LogP contribution in [0.3, 0.4) is 0 Å². The van der Waals surface area contributed by atoms with Gasteiger partial charge in [0, 0.05) is 61.8 Å². The van der Waals surface area contributed by atoms with Crippen molar-refractivity contribution < 1.29 is 5.11 Å². The molecule has 5 rings (SSSR count). The fraction of sp³-hybridized carbons (Fsp3) is 0.333. The van der Waals surface area contributed by atoms with Gasteiger partial charge in [-0.1, -0.05) is 6.07 Å². The Balaban J connectivity index is 1.65. The summed E-state index contributed by atoms with van der Waals surface area (Å²) >= 11 is 0. The molecule has 8 nitrogen and oxygen atoms in total. The molecule has 1 aliphatic carbocycles. The number of hydrogen-bond donors (Lipinski definition) is 2. The number of rotatable bonds is 5. The smallest absolute Gasteiger partial charge is 0.218 e. The highest BCUT2D eigenvalue weighted by atomic mass is 16.3. The van der Waals surface area contributed by atoms with Crippen LogP contribution in [0, 0.1) is 12.8 Å². The highest BCUT2D eigenvalue weighted by molar-refractivity contribution is 5.83. The predicted octanol–water partition coefficient (Wildman–Crippen LogP) is 2.68. The van der Waals surface area contributed by atoms with Gasteiger partial charge in [-0.25, -0.2) is 14.5 Å². The first-order valence-electron chi connectivity index (χ1n) is 9.79. The SMILES string of the molecule is Cc1c(-c2cccnc2)cn2nc(-c3nccn3C)nc(NC3CC(CO)C3)c12. The number of aromatic nitrogens is 6. The maximum absolute atomic E-state index is 9.34. The first-order valence-corrected chi connectivity index (χ1v) is 9.79. The van der Waals surface area contributed by atoms with Crippen LogP contribution >= 0.6 is 0 Å². The van der Waals surface area contributed by atoms with Gasteiger partial charge in [0.2, 0.25) is 5.82 Å². The highest BCUT2D eigenvalue weighted by Gasteiger charge is 2.30. The molecule has 148 valence electrons. The van der Waals surface area contributed by atoms with Crippen molar-refractivity contribution in [3.63, 3.8) is 0 Å². The molecule has 4 heterocycles. The number of aliphatic hydroxyl groups excluding tert-OH is 1. The highest BCUT2D eigenvalue weighted by Crippen LogP contribution is 2.34. The van der Waals surface area contributed by atoms with Gasteiger partial charge in [0.05, 0.1) is 0 Å². The van der Waals surface area contributed by atoms with Gasteiger partial charge in [-0.2, -0.15) is 0 Å². The second-order valence-electron chi connectivity index (χ2n) is 7.71. The van der Waals surface area contributed by atoms with Gasteiger partial charge in [0.25, 0.3) is 0 Å². The standard InChI is InChI=1S/C21H23N7O/c1-13-17(15-4-3-5-22-10-15)11-28-18(13)19(24-16-8-14(9-16)12-29)25-20(26-28)21-23-6-7-27(21)2/h3-7,10-11,14,16,29H,8-9,12H2,1-2H3,(H,24,25,26). The number of aryl methyl sites for hydroxylation is 2. The summed E-state index contributed by atoms with van der Waals surface area (Å²) in [6.45, 7) is 2.33. The van der Waals surface area contributed by atoms with Crippen LogP contribution in [-0.4, -0.2) is 46.9 Å². The molecule has 0 aliphatic heterocycles. The molecule has 29 heavy (non-hydrogen) atoms. The van der Waals surface area contributed by atoms with Crippen LogP contribution in [0.25, 0.3) is 28.3 Å². The Hall–Kier alpha value is -3.26. The van der Waals surface area contributed by atoms with Crippen molar-refractivity contribution in [3.8, 4) is 22.8 Å². The van der Waals surface area contributed by atoms with Gasteiger partial charge in [-0.05, 0) is 37.3 Å².